The van der Waals surface area contributed by atoms with Gasteiger partial charge in [-0.2, -0.15) is 9.97 Å². The van der Waals surface area contributed by atoms with Crippen LogP contribution in [-0.4, -0.2) is 61.5 Å². The molecule has 53 heavy (non-hydrogen) atoms. The highest BCUT2D eigenvalue weighted by molar-refractivity contribution is 6.74. The number of fused-ring (bicyclic) bond motifs is 1. The van der Waals surface area contributed by atoms with Crippen LogP contribution in [0.1, 0.15) is 73.6 Å². The Kier molecular flexibility index (Phi) is 12.7. The Bertz CT molecular complexity index is 1780. The Morgan fingerprint density at radius 1 is 0.849 bits per heavy atom. The fourth-order valence-corrected chi connectivity index (χ4v) is 6.18. The Morgan fingerprint density at radius 3 is 2.09 bits per heavy atom. The Hall–Kier alpha value is -3.38. The van der Waals surface area contributed by atoms with Crippen molar-refractivity contribution >= 4 is 45.4 Å². The maximum atomic E-state index is 6.85. The van der Waals surface area contributed by atoms with Crippen LogP contribution in [0.2, 0.25) is 36.3 Å². The van der Waals surface area contributed by atoms with Crippen molar-refractivity contribution in [1.82, 2.24) is 19.5 Å². The van der Waals surface area contributed by atoms with E-state index >= 15 is 0 Å². The number of benzene rings is 2. The number of ether oxygens (including phenoxy) is 2. The molecule has 2 N–H and O–H groups in total. The maximum Gasteiger partial charge on any atom is 0.247 e. The molecule has 2 aromatic carbocycles. The number of rotatable bonds is 16. The third-order valence-corrected chi connectivity index (χ3v) is 18.7. The van der Waals surface area contributed by atoms with E-state index in [4.69, 9.17) is 43.4 Å². The van der Waals surface area contributed by atoms with Crippen LogP contribution in [0.15, 0.2) is 60.7 Å². The molecule has 290 valence electrons. The molecule has 12 nitrogen and oxygen atoms in total. The normalized spacial score (nSPS) is 18.5. The van der Waals surface area contributed by atoms with Crippen LogP contribution in [-0.2, 0) is 30.3 Å². The van der Waals surface area contributed by atoms with Crippen molar-refractivity contribution < 1.29 is 28.4 Å². The smallest absolute Gasteiger partial charge is 0.247 e. The van der Waals surface area contributed by atoms with Crippen LogP contribution < -0.4 is 15.4 Å². The van der Waals surface area contributed by atoms with Gasteiger partial charge in [0.25, 0.3) is 0 Å². The van der Waals surface area contributed by atoms with Gasteiger partial charge in [-0.15, -0.1) is 0 Å². The van der Waals surface area contributed by atoms with Crippen LogP contribution in [0.3, 0.4) is 0 Å². The lowest BCUT2D eigenvalue weighted by Gasteiger charge is -2.36. The first-order valence-electron chi connectivity index (χ1n) is 18.7. The first-order valence-corrected chi connectivity index (χ1v) is 24.5. The summed E-state index contributed by atoms with van der Waals surface area (Å²) >= 11 is 0. The van der Waals surface area contributed by atoms with Gasteiger partial charge in [0.05, 0.1) is 0 Å². The zero-order valence-corrected chi connectivity index (χ0v) is 35.6. The van der Waals surface area contributed by atoms with Gasteiger partial charge in [0.2, 0.25) is 34.4 Å². The number of anilines is 3. The summed E-state index contributed by atoms with van der Waals surface area (Å²) in [6, 6.07) is 19.9. The highest BCUT2D eigenvalue weighted by Gasteiger charge is 2.45. The molecule has 3 atom stereocenters. The summed E-state index contributed by atoms with van der Waals surface area (Å²) in [5, 5.41) is 6.83. The van der Waals surface area contributed by atoms with Gasteiger partial charge in [0.1, 0.15) is 31.6 Å². The van der Waals surface area contributed by atoms with Gasteiger partial charge in [-0.25, -0.2) is 14.8 Å². The third-order valence-electron chi connectivity index (χ3n) is 10.4. The third kappa shape index (κ3) is 10.2. The largest absolute Gasteiger partial charge is 0.471 e. The fraction of sp³-hybridized carbons (Fsp3) is 0.564. The summed E-state index contributed by atoms with van der Waals surface area (Å²) in [6.07, 6.45) is -1.09. The molecule has 0 amide bonds. The predicted octanol–water partition coefficient (Wildman–Crippen LogP) is 9.78. The number of para-hydroxylation sites is 1. The zero-order chi connectivity index (χ0) is 38.6. The molecule has 2 aromatic heterocycles. The van der Waals surface area contributed by atoms with E-state index in [9.17, 15) is 0 Å². The molecule has 0 aliphatic carbocycles. The summed E-state index contributed by atoms with van der Waals surface area (Å²) in [4.78, 5) is 27.2. The molecule has 1 aliphatic heterocycles. The highest BCUT2D eigenvalue weighted by Crippen LogP contribution is 2.42. The minimum atomic E-state index is -2.27. The van der Waals surface area contributed by atoms with Gasteiger partial charge < -0.3 is 20.1 Å². The van der Waals surface area contributed by atoms with E-state index in [1.165, 1.54) is 0 Å². The highest BCUT2D eigenvalue weighted by atomic mass is 28.4. The molecule has 0 bridgehead atoms. The van der Waals surface area contributed by atoms with Gasteiger partial charge in [-0.3, -0.25) is 13.7 Å². The number of aromatic nitrogens is 4. The van der Waals surface area contributed by atoms with E-state index in [-0.39, 0.29) is 16.7 Å². The lowest BCUT2D eigenvalue weighted by Crippen LogP contribution is -2.44. The second-order valence-corrected chi connectivity index (χ2v) is 26.7. The molecule has 1 fully saturated rings. The standard InChI is InChI=1S/C39H60N6O6Si2/c1-27(2)24-40-36-43-34-33(35(44-36)46-25-28-19-15-13-16-20-28)42-37(41-29-21-17-14-18-22-29)45(34)32-23-30(49-51-53(11,12)39(6,7)8)31(48-32)26-47-50-52(9,10)38(3,4)5/h13-22,27,30-32H,23-26H2,1-12H3,(H,41,42)(H,40,43,44)/t30-,31+,32+/m0/s1. The Labute approximate surface area is 317 Å². The van der Waals surface area contributed by atoms with E-state index in [0.29, 0.717) is 54.4 Å². The average molecular weight is 765 g/mol. The van der Waals surface area contributed by atoms with Gasteiger partial charge in [-0.1, -0.05) is 104 Å². The lowest BCUT2D eigenvalue weighted by atomic mass is 10.2. The monoisotopic (exact) mass is 764 g/mol. The number of hydrogen-bond donors (Lipinski definition) is 2. The van der Waals surface area contributed by atoms with E-state index < -0.39 is 35.1 Å². The quantitative estimate of drug-likeness (QED) is 0.0644. The molecule has 0 spiro atoms. The van der Waals surface area contributed by atoms with Crippen molar-refractivity contribution in [3.8, 4) is 5.88 Å². The summed E-state index contributed by atoms with van der Waals surface area (Å²) in [7, 11) is -4.47. The molecule has 1 saturated heterocycles. The molecular formula is C39H60N6O6Si2. The van der Waals surface area contributed by atoms with Crippen molar-refractivity contribution in [2.24, 2.45) is 5.92 Å². The topological polar surface area (TPSA) is 123 Å². The fourth-order valence-electron chi connectivity index (χ4n) is 4.95. The molecule has 4 aromatic rings. The van der Waals surface area contributed by atoms with Crippen molar-refractivity contribution in [3.63, 3.8) is 0 Å². The minimum Gasteiger partial charge on any atom is -0.471 e. The predicted molar refractivity (Wildman–Crippen MR) is 215 cm³/mol. The second-order valence-electron chi connectivity index (χ2n) is 17.3. The maximum absolute atomic E-state index is 6.85. The molecule has 0 unspecified atom stereocenters. The molecule has 5 rings (SSSR count). The van der Waals surface area contributed by atoms with Gasteiger partial charge >= 0.3 is 0 Å². The van der Waals surface area contributed by atoms with Crippen molar-refractivity contribution in [2.75, 3.05) is 23.8 Å². The molecule has 0 saturated carbocycles. The summed E-state index contributed by atoms with van der Waals surface area (Å²) in [5.41, 5.74) is 2.94. The Balaban J connectivity index is 1.55. The molecule has 0 radical (unpaired) electrons. The number of imidazole rings is 1. The van der Waals surface area contributed by atoms with E-state index in [0.717, 1.165) is 11.3 Å². The SMILES string of the molecule is CC(C)CNc1nc(OCc2ccccc2)c2nc(Nc3ccccc3)n([C@H]3C[C@H](OO[Si](C)(C)C(C)(C)C)[C@@H](COO[Si](C)(C)C(C)(C)C)O3)c2n1. The van der Waals surface area contributed by atoms with Crippen molar-refractivity contribution in [2.45, 2.75) is 123 Å². The number of hydrogen-bond acceptors (Lipinski definition) is 11. The first-order chi connectivity index (χ1) is 24.8. The molecule has 14 heteroatoms. The van der Waals surface area contributed by atoms with Gasteiger partial charge in [-0.05, 0) is 59.9 Å². The van der Waals surface area contributed by atoms with Crippen LogP contribution >= 0.6 is 0 Å². The van der Waals surface area contributed by atoms with E-state index in [1.54, 1.807) is 0 Å². The Morgan fingerprint density at radius 2 is 1.47 bits per heavy atom. The van der Waals surface area contributed by atoms with Crippen molar-refractivity contribution in [1.29, 1.82) is 0 Å². The van der Waals surface area contributed by atoms with E-state index in [1.807, 2.05) is 65.2 Å². The lowest BCUT2D eigenvalue weighted by molar-refractivity contribution is -0.290. The molecule has 3 heterocycles. The summed E-state index contributed by atoms with van der Waals surface area (Å²) < 4.78 is 27.7. The average Bonchev–Trinajstić information content (AvgIpc) is 3.65. The van der Waals surface area contributed by atoms with Crippen molar-refractivity contribution in [3.05, 3.63) is 66.2 Å². The molecular weight excluding hydrogens is 705 g/mol. The van der Waals surface area contributed by atoms with Crippen LogP contribution in [0.25, 0.3) is 11.2 Å². The second kappa shape index (κ2) is 16.6. The van der Waals surface area contributed by atoms with E-state index in [2.05, 4.69) is 92.2 Å². The summed E-state index contributed by atoms with van der Waals surface area (Å²) in [6.45, 7) is 27.2. The molecule has 1 aliphatic rings. The van der Waals surface area contributed by atoms with Gasteiger partial charge in [0.15, 0.2) is 11.2 Å². The first kappa shape index (κ1) is 40.8. The van der Waals surface area contributed by atoms with Crippen LogP contribution in [0.4, 0.5) is 17.6 Å². The van der Waals surface area contributed by atoms with Crippen LogP contribution in [0.5, 0.6) is 5.88 Å². The van der Waals surface area contributed by atoms with Crippen LogP contribution in [0, 0.1) is 5.92 Å². The number of nitrogens with one attached hydrogen (secondary N) is 2. The zero-order valence-electron chi connectivity index (χ0n) is 33.6. The van der Waals surface area contributed by atoms with Gasteiger partial charge in [0, 0.05) is 18.7 Å². The number of nitrogens with zero attached hydrogens (tertiary/aromatic N) is 4. The minimum absolute atomic E-state index is 0.0253. The summed E-state index contributed by atoms with van der Waals surface area (Å²) in [5.74, 6) is 1.71.